The quantitative estimate of drug-likeness (QED) is 0.801. The molecule has 0 fully saturated rings. The Balaban J connectivity index is 2.63. The molecule has 90 valence electrons. The largest absolute Gasteiger partial charge is 0.481 e. The van der Waals surface area contributed by atoms with Gasteiger partial charge in [-0.3, -0.25) is 0 Å². The smallest absolute Gasteiger partial charge is 0.226 e. The third kappa shape index (κ3) is 4.43. The van der Waals surface area contributed by atoms with E-state index < -0.39 is 9.84 Å². The van der Waals surface area contributed by atoms with Crippen molar-refractivity contribution in [3.63, 3.8) is 0 Å². The highest BCUT2D eigenvalue weighted by Crippen LogP contribution is 2.10. The molecule has 0 aliphatic rings. The lowest BCUT2D eigenvalue weighted by Gasteiger charge is -2.06. The first-order valence-corrected chi connectivity index (χ1v) is 6.78. The summed E-state index contributed by atoms with van der Waals surface area (Å²) in [6, 6.07) is 1.70. The highest BCUT2D eigenvalue weighted by Gasteiger charge is 2.04. The number of hydrogen-bond acceptors (Lipinski definition) is 6. The van der Waals surface area contributed by atoms with Gasteiger partial charge in [0.1, 0.15) is 9.84 Å². The lowest BCUT2D eigenvalue weighted by molar-refractivity contribution is 0.397. The molecule has 0 spiro atoms. The van der Waals surface area contributed by atoms with Crippen LogP contribution in [-0.2, 0) is 9.84 Å². The van der Waals surface area contributed by atoms with Gasteiger partial charge >= 0.3 is 0 Å². The van der Waals surface area contributed by atoms with Crippen LogP contribution in [0.2, 0.25) is 0 Å². The van der Waals surface area contributed by atoms with E-state index in [1.54, 1.807) is 6.07 Å². The van der Waals surface area contributed by atoms with Crippen LogP contribution in [0.15, 0.2) is 6.07 Å². The summed E-state index contributed by atoms with van der Waals surface area (Å²) in [5.41, 5.74) is 0.758. The summed E-state index contributed by atoms with van der Waals surface area (Å²) in [5.74, 6) is 0.877. The first kappa shape index (κ1) is 12.7. The fraction of sp³-hybridized carbons (Fsp3) is 0.556. The number of aryl methyl sites for hydroxylation is 1. The minimum atomic E-state index is -2.97. The van der Waals surface area contributed by atoms with Crippen LogP contribution in [0.4, 0.5) is 5.95 Å². The Labute approximate surface area is 95.0 Å². The van der Waals surface area contributed by atoms with Gasteiger partial charge in [0, 0.05) is 24.6 Å². The molecule has 1 aromatic heterocycles. The number of hydrogen-bond donors (Lipinski definition) is 1. The van der Waals surface area contributed by atoms with Gasteiger partial charge in [-0.25, -0.2) is 13.4 Å². The summed E-state index contributed by atoms with van der Waals surface area (Å²) >= 11 is 0. The molecule has 0 aliphatic heterocycles. The molecule has 0 radical (unpaired) electrons. The molecule has 0 bridgehead atoms. The lowest BCUT2D eigenvalue weighted by Crippen LogP contribution is -2.15. The lowest BCUT2D eigenvalue weighted by atomic mass is 10.4. The second-order valence-corrected chi connectivity index (χ2v) is 5.69. The van der Waals surface area contributed by atoms with Gasteiger partial charge in [-0.05, 0) is 6.92 Å². The molecule has 0 atom stereocenters. The summed E-state index contributed by atoms with van der Waals surface area (Å²) in [5, 5.41) is 2.84. The Morgan fingerprint density at radius 2 is 2.12 bits per heavy atom. The van der Waals surface area contributed by atoms with Crippen molar-refractivity contribution < 1.29 is 13.2 Å². The predicted octanol–water partition coefficient (Wildman–Crippen LogP) is 0.250. The average Bonchev–Trinajstić information content (AvgIpc) is 2.14. The molecule has 0 amide bonds. The predicted molar refractivity (Wildman–Crippen MR) is 61.5 cm³/mol. The molecule has 1 aromatic rings. The number of nitrogens with zero attached hydrogens (tertiary/aromatic N) is 2. The zero-order valence-corrected chi connectivity index (χ0v) is 10.3. The molecule has 16 heavy (non-hydrogen) atoms. The summed E-state index contributed by atoms with van der Waals surface area (Å²) < 4.78 is 26.8. The molecule has 0 saturated heterocycles. The first-order chi connectivity index (χ1) is 7.40. The molecular formula is C9H15N3O3S. The van der Waals surface area contributed by atoms with Crippen molar-refractivity contribution in [2.24, 2.45) is 0 Å². The second-order valence-electron chi connectivity index (χ2n) is 3.43. The van der Waals surface area contributed by atoms with Gasteiger partial charge in [0.25, 0.3) is 0 Å². The van der Waals surface area contributed by atoms with Gasteiger partial charge in [0.15, 0.2) is 0 Å². The number of methoxy groups -OCH3 is 1. The number of nitrogens with one attached hydrogen (secondary N) is 1. The normalized spacial score (nSPS) is 11.2. The molecule has 0 aromatic carbocycles. The monoisotopic (exact) mass is 245 g/mol. The maximum Gasteiger partial charge on any atom is 0.226 e. The Kier molecular flexibility index (Phi) is 4.05. The first-order valence-electron chi connectivity index (χ1n) is 4.72. The number of aromatic nitrogens is 2. The third-order valence-electron chi connectivity index (χ3n) is 1.80. The van der Waals surface area contributed by atoms with Crippen LogP contribution in [0, 0.1) is 6.92 Å². The minimum Gasteiger partial charge on any atom is -0.481 e. The van der Waals surface area contributed by atoms with Gasteiger partial charge in [-0.1, -0.05) is 0 Å². The van der Waals surface area contributed by atoms with E-state index in [-0.39, 0.29) is 12.3 Å². The van der Waals surface area contributed by atoms with Crippen LogP contribution < -0.4 is 10.1 Å². The zero-order chi connectivity index (χ0) is 12.2. The maximum absolute atomic E-state index is 10.9. The highest BCUT2D eigenvalue weighted by molar-refractivity contribution is 7.90. The third-order valence-corrected chi connectivity index (χ3v) is 2.74. The van der Waals surface area contributed by atoms with Crippen molar-refractivity contribution in [2.75, 3.05) is 31.0 Å². The van der Waals surface area contributed by atoms with Crippen LogP contribution >= 0.6 is 0 Å². The van der Waals surface area contributed by atoms with Crippen LogP contribution in [0.3, 0.4) is 0 Å². The van der Waals surface area contributed by atoms with Crippen molar-refractivity contribution in [1.82, 2.24) is 9.97 Å². The van der Waals surface area contributed by atoms with Crippen molar-refractivity contribution >= 4 is 15.8 Å². The van der Waals surface area contributed by atoms with E-state index in [1.807, 2.05) is 6.92 Å². The molecule has 7 heteroatoms. The molecule has 6 nitrogen and oxygen atoms in total. The average molecular weight is 245 g/mol. The van der Waals surface area contributed by atoms with Gasteiger partial charge in [-0.2, -0.15) is 4.98 Å². The fourth-order valence-corrected chi connectivity index (χ4v) is 1.54. The van der Waals surface area contributed by atoms with Crippen LogP contribution in [0.1, 0.15) is 5.69 Å². The van der Waals surface area contributed by atoms with Crippen LogP contribution in [0.25, 0.3) is 0 Å². The summed E-state index contributed by atoms with van der Waals surface area (Å²) in [6.07, 6.45) is 1.19. The molecular weight excluding hydrogens is 230 g/mol. The van der Waals surface area contributed by atoms with E-state index in [0.717, 1.165) is 5.69 Å². The molecule has 1 heterocycles. The molecule has 1 N–H and O–H groups in total. The van der Waals surface area contributed by atoms with Crippen molar-refractivity contribution in [2.45, 2.75) is 6.92 Å². The number of rotatable bonds is 5. The Morgan fingerprint density at radius 1 is 1.44 bits per heavy atom. The summed E-state index contributed by atoms with van der Waals surface area (Å²) in [6.45, 7) is 2.09. The minimum absolute atomic E-state index is 0.0482. The van der Waals surface area contributed by atoms with Crippen molar-refractivity contribution in [3.05, 3.63) is 11.8 Å². The van der Waals surface area contributed by atoms with E-state index in [0.29, 0.717) is 11.8 Å². The Morgan fingerprint density at radius 3 is 2.69 bits per heavy atom. The van der Waals surface area contributed by atoms with E-state index >= 15 is 0 Å². The van der Waals surface area contributed by atoms with Crippen molar-refractivity contribution in [1.29, 1.82) is 0 Å². The van der Waals surface area contributed by atoms with E-state index in [2.05, 4.69) is 15.3 Å². The second kappa shape index (κ2) is 5.11. The van der Waals surface area contributed by atoms with E-state index in [1.165, 1.54) is 13.4 Å². The zero-order valence-electron chi connectivity index (χ0n) is 9.52. The molecule has 1 rings (SSSR count). The highest BCUT2D eigenvalue weighted by atomic mass is 32.2. The van der Waals surface area contributed by atoms with E-state index in [9.17, 15) is 8.42 Å². The molecule has 0 unspecified atom stereocenters. The fourth-order valence-electron chi connectivity index (χ4n) is 1.07. The van der Waals surface area contributed by atoms with Gasteiger partial charge in [-0.15, -0.1) is 0 Å². The van der Waals surface area contributed by atoms with Gasteiger partial charge in [0.2, 0.25) is 11.8 Å². The maximum atomic E-state index is 10.9. The summed E-state index contributed by atoms with van der Waals surface area (Å²) in [7, 11) is -1.45. The number of sulfone groups is 1. The van der Waals surface area contributed by atoms with Gasteiger partial charge < -0.3 is 10.1 Å². The van der Waals surface area contributed by atoms with Crippen molar-refractivity contribution in [3.8, 4) is 5.88 Å². The van der Waals surface area contributed by atoms with Gasteiger partial charge in [0.05, 0.1) is 12.9 Å². The Hall–Kier alpha value is -1.37. The molecule has 0 aliphatic carbocycles. The van der Waals surface area contributed by atoms with Crippen LogP contribution in [-0.4, -0.2) is 44.0 Å². The van der Waals surface area contributed by atoms with Crippen LogP contribution in [0.5, 0.6) is 5.88 Å². The SMILES string of the molecule is COc1cc(C)nc(NCCS(C)(=O)=O)n1. The topological polar surface area (TPSA) is 81.2 Å². The summed E-state index contributed by atoms with van der Waals surface area (Å²) in [4.78, 5) is 8.14. The van der Waals surface area contributed by atoms with E-state index in [4.69, 9.17) is 4.74 Å². The standard InChI is InChI=1S/C9H15N3O3S/c1-7-6-8(15-2)12-9(11-7)10-4-5-16(3,13)14/h6H,4-5H2,1-3H3,(H,10,11,12). The number of ether oxygens (including phenoxy) is 1. The Bertz CT molecular complexity index is 459. The molecule has 0 saturated carbocycles. The number of anilines is 1.